The standard InChI is InChI=1S/C24H26ClN5O2S.C15H20N4O/c25-19-13-22-20(12-18(31)15-33-22)28-21(19)14-27-17-5-8-29(9-6-17)10-11-30-23(32)4-3-16-2-1-7-26-24(16)30;16-13-5-8-18(9-6-13)10-11-19-14(20)4-3-12-2-1-7-17-15(12)19/h1-4,7,13,17,27H,5-6,8-12,14-15H2;1-4,7,13H,5-6,8-11,16H2. The number of carbonyl (C=O) groups is 1. The summed E-state index contributed by atoms with van der Waals surface area (Å²) in [6.07, 6.45) is 8.01. The lowest BCUT2D eigenvalue weighted by Crippen LogP contribution is -2.43. The van der Waals surface area contributed by atoms with Crippen LogP contribution in [0.3, 0.4) is 0 Å². The van der Waals surface area contributed by atoms with Gasteiger partial charge in [-0.1, -0.05) is 11.6 Å². The summed E-state index contributed by atoms with van der Waals surface area (Å²) in [5.41, 5.74) is 9.11. The van der Waals surface area contributed by atoms with E-state index in [0.29, 0.717) is 48.9 Å². The van der Waals surface area contributed by atoms with E-state index in [0.717, 1.165) is 103 Å². The van der Waals surface area contributed by atoms with Crippen LogP contribution in [0.15, 0.2) is 81.5 Å². The number of nitrogens with two attached hydrogens (primary N) is 1. The van der Waals surface area contributed by atoms with Crippen molar-refractivity contribution in [1.29, 1.82) is 0 Å². The largest absolute Gasteiger partial charge is 0.328 e. The Labute approximate surface area is 317 Å². The van der Waals surface area contributed by atoms with Crippen LogP contribution in [0.25, 0.3) is 22.1 Å². The zero-order valence-electron chi connectivity index (χ0n) is 29.8. The predicted octanol–water partition coefficient (Wildman–Crippen LogP) is 3.74. The van der Waals surface area contributed by atoms with Crippen molar-refractivity contribution in [2.24, 2.45) is 5.73 Å². The van der Waals surface area contributed by atoms with E-state index in [4.69, 9.17) is 17.3 Å². The van der Waals surface area contributed by atoms with Crippen LogP contribution in [-0.4, -0.2) is 96.8 Å². The van der Waals surface area contributed by atoms with Crippen LogP contribution in [0.1, 0.15) is 37.1 Å². The van der Waals surface area contributed by atoms with E-state index in [1.165, 1.54) is 11.8 Å². The number of hydrogen-bond donors (Lipinski definition) is 2. The Bertz CT molecular complexity index is 2180. The maximum Gasteiger partial charge on any atom is 0.252 e. The van der Waals surface area contributed by atoms with E-state index in [1.807, 2.05) is 42.5 Å². The molecule has 3 aliphatic rings. The Morgan fingerprint density at radius 2 is 1.34 bits per heavy atom. The van der Waals surface area contributed by atoms with Gasteiger partial charge in [0.1, 0.15) is 17.1 Å². The average molecular weight is 756 g/mol. The SMILES string of the molecule is NC1CCN(CCn2c(=O)ccc3cccnc32)CC1.O=C1CSc2cc(Cl)c(CNC3CCN(CCn4c(=O)ccc5cccnc54)CC3)nc2C1. The number of thioether (sulfide) groups is 1. The van der Waals surface area contributed by atoms with Crippen molar-refractivity contribution >= 4 is 51.2 Å². The fraction of sp³-hybridized carbons (Fsp3) is 0.436. The van der Waals surface area contributed by atoms with Crippen LogP contribution in [-0.2, 0) is 30.8 Å². The molecule has 5 aromatic heterocycles. The number of rotatable bonds is 9. The van der Waals surface area contributed by atoms with Gasteiger partial charge in [-0.3, -0.25) is 28.5 Å². The molecule has 8 rings (SSSR count). The number of aromatic nitrogens is 5. The van der Waals surface area contributed by atoms with E-state index >= 15 is 0 Å². The summed E-state index contributed by atoms with van der Waals surface area (Å²) < 4.78 is 3.54. The number of Topliss-reactive ketones (excluding diaryl/α,β-unsaturated/α-hetero) is 1. The summed E-state index contributed by atoms with van der Waals surface area (Å²) in [6.45, 7) is 7.62. The molecule has 0 bridgehead atoms. The van der Waals surface area contributed by atoms with Gasteiger partial charge >= 0.3 is 0 Å². The van der Waals surface area contributed by atoms with Gasteiger partial charge in [-0.25, -0.2) is 9.97 Å². The number of hydrogen-bond acceptors (Lipinski definition) is 11. The van der Waals surface area contributed by atoms with Crippen LogP contribution in [0.2, 0.25) is 5.02 Å². The van der Waals surface area contributed by atoms with E-state index < -0.39 is 0 Å². The highest BCUT2D eigenvalue weighted by atomic mass is 35.5. The van der Waals surface area contributed by atoms with Gasteiger partial charge in [0.05, 0.1) is 28.6 Å². The third kappa shape index (κ3) is 9.40. The van der Waals surface area contributed by atoms with Gasteiger partial charge in [0.2, 0.25) is 0 Å². The fourth-order valence-corrected chi connectivity index (χ4v) is 8.45. The number of likely N-dealkylation sites (tertiary alicyclic amines) is 2. The van der Waals surface area contributed by atoms with Crippen LogP contribution in [0.5, 0.6) is 0 Å². The zero-order chi connectivity index (χ0) is 36.7. The number of nitrogens with one attached hydrogen (secondary N) is 1. The monoisotopic (exact) mass is 755 g/mol. The van der Waals surface area contributed by atoms with E-state index in [-0.39, 0.29) is 16.9 Å². The molecular formula is C39H46ClN9O3S. The molecule has 0 aliphatic carbocycles. The molecule has 3 aliphatic heterocycles. The number of nitrogens with zero attached hydrogens (tertiary/aromatic N) is 7. The second-order valence-corrected chi connectivity index (χ2v) is 15.4. The number of piperidine rings is 2. The number of fused-ring (bicyclic) bond motifs is 3. The second-order valence-electron chi connectivity index (χ2n) is 14.0. The zero-order valence-corrected chi connectivity index (χ0v) is 31.4. The summed E-state index contributed by atoms with van der Waals surface area (Å²) in [5, 5.41) is 6.25. The Balaban J connectivity index is 0.000000186. The summed E-state index contributed by atoms with van der Waals surface area (Å²) in [6, 6.07) is 17.3. The van der Waals surface area contributed by atoms with Gasteiger partial charge in [0.15, 0.2) is 0 Å². The summed E-state index contributed by atoms with van der Waals surface area (Å²) >= 11 is 7.97. The third-order valence-electron chi connectivity index (χ3n) is 10.4. The molecule has 5 aromatic rings. The highest BCUT2D eigenvalue weighted by molar-refractivity contribution is 8.00. The van der Waals surface area contributed by atoms with E-state index in [1.54, 1.807) is 33.7 Å². The molecule has 8 heterocycles. The Morgan fingerprint density at radius 3 is 1.92 bits per heavy atom. The fourth-order valence-electron chi connectivity index (χ4n) is 7.26. The molecule has 53 heavy (non-hydrogen) atoms. The minimum atomic E-state index is -0.00715. The molecule has 0 radical (unpaired) electrons. The van der Waals surface area contributed by atoms with Gasteiger partial charge in [0.25, 0.3) is 11.1 Å². The molecular weight excluding hydrogens is 710 g/mol. The summed E-state index contributed by atoms with van der Waals surface area (Å²) in [5.74, 6) is 0.724. The van der Waals surface area contributed by atoms with Gasteiger partial charge in [0, 0.05) is 85.0 Å². The van der Waals surface area contributed by atoms with Crippen molar-refractivity contribution < 1.29 is 4.79 Å². The van der Waals surface area contributed by atoms with Crippen molar-refractivity contribution in [3.05, 3.63) is 104 Å². The van der Waals surface area contributed by atoms with E-state index in [9.17, 15) is 14.4 Å². The van der Waals surface area contributed by atoms with Crippen molar-refractivity contribution in [3.63, 3.8) is 0 Å². The lowest BCUT2D eigenvalue weighted by Gasteiger charge is -2.32. The molecule has 12 nitrogen and oxygen atoms in total. The Kier molecular flexibility index (Phi) is 12.3. The minimum Gasteiger partial charge on any atom is -0.328 e. The first-order valence-corrected chi connectivity index (χ1v) is 19.8. The Hall–Kier alpha value is -3.98. The predicted molar refractivity (Wildman–Crippen MR) is 211 cm³/mol. The summed E-state index contributed by atoms with van der Waals surface area (Å²) in [7, 11) is 0. The molecule has 0 spiro atoms. The molecule has 0 saturated carbocycles. The molecule has 0 amide bonds. The number of pyridine rings is 5. The molecule has 3 N–H and O–H groups in total. The van der Waals surface area contributed by atoms with Crippen molar-refractivity contribution in [2.45, 2.75) is 68.7 Å². The van der Waals surface area contributed by atoms with Crippen LogP contribution >= 0.6 is 23.4 Å². The third-order valence-corrected chi connectivity index (χ3v) is 11.8. The normalized spacial score (nSPS) is 17.5. The van der Waals surface area contributed by atoms with Crippen LogP contribution < -0.4 is 22.2 Å². The molecule has 0 aromatic carbocycles. The lowest BCUT2D eigenvalue weighted by molar-refractivity contribution is -0.116. The molecule has 14 heteroatoms. The molecule has 278 valence electrons. The average Bonchev–Trinajstić information content (AvgIpc) is 3.18. The van der Waals surface area contributed by atoms with E-state index in [2.05, 4.69) is 30.1 Å². The molecule has 0 atom stereocenters. The highest BCUT2D eigenvalue weighted by Gasteiger charge is 2.22. The minimum absolute atomic E-state index is 0.00715. The maximum atomic E-state index is 12.4. The number of halogens is 1. The molecule has 2 saturated heterocycles. The van der Waals surface area contributed by atoms with Crippen molar-refractivity contribution in [1.82, 2.24) is 39.2 Å². The topological polar surface area (TPSA) is 144 Å². The molecule has 0 unspecified atom stereocenters. The van der Waals surface area contributed by atoms with Gasteiger partial charge in [-0.2, -0.15) is 0 Å². The molecule has 2 fully saturated rings. The first-order valence-electron chi connectivity index (χ1n) is 18.5. The Morgan fingerprint density at radius 1 is 0.774 bits per heavy atom. The van der Waals surface area contributed by atoms with Crippen molar-refractivity contribution in [3.8, 4) is 0 Å². The van der Waals surface area contributed by atoms with Crippen LogP contribution in [0.4, 0.5) is 0 Å². The maximum absolute atomic E-state index is 12.4. The van der Waals surface area contributed by atoms with Crippen LogP contribution in [0, 0.1) is 0 Å². The highest BCUT2D eigenvalue weighted by Crippen LogP contribution is 2.31. The van der Waals surface area contributed by atoms with Crippen molar-refractivity contribution in [2.75, 3.05) is 45.0 Å². The quantitative estimate of drug-likeness (QED) is 0.227. The number of carbonyl (C=O) groups excluding carboxylic acids is 1. The second kappa shape index (κ2) is 17.4. The number of ketones is 1. The first-order chi connectivity index (χ1) is 25.8. The first kappa shape index (κ1) is 37.3. The smallest absolute Gasteiger partial charge is 0.252 e. The van der Waals surface area contributed by atoms with Gasteiger partial charge in [-0.15, -0.1) is 11.8 Å². The lowest BCUT2D eigenvalue weighted by atomic mass is 10.0. The summed E-state index contributed by atoms with van der Waals surface area (Å²) in [4.78, 5) is 55.4. The van der Waals surface area contributed by atoms with Gasteiger partial charge in [-0.05, 0) is 94.3 Å². The van der Waals surface area contributed by atoms with Gasteiger partial charge < -0.3 is 20.9 Å².